The smallest absolute Gasteiger partial charge is 0.153 e. The summed E-state index contributed by atoms with van der Waals surface area (Å²) in [6.45, 7) is 2.01. The van der Waals surface area contributed by atoms with Crippen molar-refractivity contribution in [2.45, 2.75) is 6.92 Å². The van der Waals surface area contributed by atoms with E-state index in [2.05, 4.69) is 10.1 Å². The molecule has 0 aliphatic carbocycles. The summed E-state index contributed by atoms with van der Waals surface area (Å²) in [7, 11) is 0. The number of nitrogens with zero attached hydrogens (tertiary/aromatic N) is 3. The van der Waals surface area contributed by atoms with E-state index >= 15 is 0 Å². The number of pyridine rings is 1. The number of nitrogens with two attached hydrogens (primary N) is 1. The topological polar surface area (TPSA) is 56.7 Å². The maximum atomic E-state index is 6.04. The first-order valence-corrected chi connectivity index (χ1v) is 6.55. The van der Waals surface area contributed by atoms with Gasteiger partial charge in [-0.3, -0.25) is 0 Å². The Labute approximate surface area is 121 Å². The Hall–Kier alpha value is -2.33. The van der Waals surface area contributed by atoms with Crippen molar-refractivity contribution in [2.24, 2.45) is 0 Å². The number of hydrogen-bond acceptors (Lipinski definition) is 3. The fourth-order valence-electron chi connectivity index (χ4n) is 1.98. The lowest BCUT2D eigenvalue weighted by Crippen LogP contribution is -1.98. The van der Waals surface area contributed by atoms with Crippen molar-refractivity contribution in [3.8, 4) is 17.1 Å². The van der Waals surface area contributed by atoms with Gasteiger partial charge in [-0.25, -0.2) is 9.67 Å². The maximum absolute atomic E-state index is 6.04. The van der Waals surface area contributed by atoms with Crippen molar-refractivity contribution in [3.63, 3.8) is 0 Å². The van der Waals surface area contributed by atoms with E-state index in [1.54, 1.807) is 17.1 Å². The Morgan fingerprint density at radius 1 is 1.15 bits per heavy atom. The van der Waals surface area contributed by atoms with Crippen molar-refractivity contribution < 1.29 is 0 Å². The summed E-state index contributed by atoms with van der Waals surface area (Å²) in [5.41, 5.74) is 9.43. The summed E-state index contributed by atoms with van der Waals surface area (Å²) in [6.07, 6.45) is 3.52. The summed E-state index contributed by atoms with van der Waals surface area (Å²) in [5.74, 6) is 0.747. The van der Waals surface area contributed by atoms with Crippen molar-refractivity contribution in [3.05, 3.63) is 59.4 Å². The van der Waals surface area contributed by atoms with Crippen molar-refractivity contribution in [1.82, 2.24) is 14.8 Å². The van der Waals surface area contributed by atoms with Crippen LogP contribution in [0.4, 0.5) is 5.69 Å². The van der Waals surface area contributed by atoms with Crippen molar-refractivity contribution >= 4 is 17.3 Å². The molecule has 100 valence electrons. The van der Waals surface area contributed by atoms with E-state index in [0.717, 1.165) is 22.6 Å². The van der Waals surface area contributed by atoms with Crippen LogP contribution in [0.1, 0.15) is 5.56 Å². The zero-order valence-corrected chi connectivity index (χ0v) is 11.7. The summed E-state index contributed by atoms with van der Waals surface area (Å²) in [5, 5.41) is 5.19. The molecule has 0 fully saturated rings. The highest BCUT2D eigenvalue weighted by atomic mass is 35.5. The maximum Gasteiger partial charge on any atom is 0.153 e. The van der Waals surface area contributed by atoms with Gasteiger partial charge in [-0.15, -0.1) is 0 Å². The lowest BCUT2D eigenvalue weighted by Gasteiger charge is -2.01. The normalized spacial score (nSPS) is 10.7. The Balaban J connectivity index is 2.05. The van der Waals surface area contributed by atoms with Crippen LogP contribution in [0.3, 0.4) is 0 Å². The fourth-order valence-corrected chi connectivity index (χ4v) is 2.11. The third-order valence-corrected chi connectivity index (χ3v) is 3.25. The van der Waals surface area contributed by atoms with Gasteiger partial charge in [-0.05, 0) is 36.8 Å². The highest BCUT2D eigenvalue weighted by Crippen LogP contribution is 2.26. The predicted molar refractivity (Wildman–Crippen MR) is 81.0 cm³/mol. The van der Waals surface area contributed by atoms with Gasteiger partial charge in [-0.2, -0.15) is 5.10 Å². The van der Waals surface area contributed by atoms with Crippen molar-refractivity contribution in [1.29, 1.82) is 0 Å². The molecule has 3 rings (SSSR count). The minimum atomic E-state index is 0.607. The molecule has 0 spiro atoms. The third-order valence-electron chi connectivity index (χ3n) is 3.00. The summed E-state index contributed by atoms with van der Waals surface area (Å²) in [6, 6.07) is 11.3. The first-order chi connectivity index (χ1) is 9.63. The van der Waals surface area contributed by atoms with Gasteiger partial charge in [0.2, 0.25) is 0 Å². The number of aromatic nitrogens is 3. The third kappa shape index (κ3) is 2.38. The van der Waals surface area contributed by atoms with E-state index in [-0.39, 0.29) is 0 Å². The van der Waals surface area contributed by atoms with Crippen LogP contribution >= 0.6 is 11.6 Å². The summed E-state index contributed by atoms with van der Waals surface area (Å²) < 4.78 is 1.69. The van der Waals surface area contributed by atoms with Crippen molar-refractivity contribution in [2.75, 3.05) is 5.73 Å². The Kier molecular flexibility index (Phi) is 3.16. The molecule has 0 unspecified atom stereocenters. The zero-order chi connectivity index (χ0) is 14.1. The van der Waals surface area contributed by atoms with E-state index in [0.29, 0.717) is 10.7 Å². The molecule has 0 amide bonds. The minimum absolute atomic E-state index is 0.607. The second-order valence-electron chi connectivity index (χ2n) is 4.58. The number of rotatable bonds is 2. The molecule has 0 bridgehead atoms. The SMILES string of the molecule is Cc1ccnc(-n2cc(N)c(-c3ccc(Cl)cc3)n2)c1. The molecule has 1 aromatic carbocycles. The van der Waals surface area contributed by atoms with Gasteiger partial charge in [0, 0.05) is 16.8 Å². The van der Waals surface area contributed by atoms with Gasteiger partial charge >= 0.3 is 0 Å². The van der Waals surface area contributed by atoms with E-state index in [1.165, 1.54) is 0 Å². The van der Waals surface area contributed by atoms with Crippen LogP contribution in [0, 0.1) is 6.92 Å². The highest BCUT2D eigenvalue weighted by molar-refractivity contribution is 6.30. The van der Waals surface area contributed by atoms with E-state index in [4.69, 9.17) is 17.3 Å². The molecule has 2 aromatic heterocycles. The van der Waals surface area contributed by atoms with Crippen LogP contribution in [0.2, 0.25) is 5.02 Å². The number of benzene rings is 1. The molecule has 0 radical (unpaired) electrons. The number of anilines is 1. The van der Waals surface area contributed by atoms with Crippen LogP contribution in [-0.4, -0.2) is 14.8 Å². The molecule has 0 aliphatic rings. The first kappa shape index (κ1) is 12.7. The Bertz CT molecular complexity index is 747. The molecular weight excluding hydrogens is 272 g/mol. The monoisotopic (exact) mass is 284 g/mol. The van der Waals surface area contributed by atoms with E-state index < -0.39 is 0 Å². The Morgan fingerprint density at radius 2 is 1.90 bits per heavy atom. The Morgan fingerprint density at radius 3 is 2.60 bits per heavy atom. The molecule has 2 N–H and O–H groups in total. The summed E-state index contributed by atoms with van der Waals surface area (Å²) >= 11 is 5.89. The quantitative estimate of drug-likeness (QED) is 0.784. The number of aryl methyl sites for hydroxylation is 1. The van der Waals surface area contributed by atoms with E-state index in [1.807, 2.05) is 43.3 Å². The molecule has 3 aromatic rings. The van der Waals surface area contributed by atoms with Crippen LogP contribution in [0.5, 0.6) is 0 Å². The fraction of sp³-hybridized carbons (Fsp3) is 0.0667. The van der Waals surface area contributed by atoms with Gasteiger partial charge in [-0.1, -0.05) is 23.7 Å². The second kappa shape index (κ2) is 4.98. The molecular formula is C15H13ClN4. The van der Waals surface area contributed by atoms with Gasteiger partial charge in [0.05, 0.1) is 11.9 Å². The largest absolute Gasteiger partial charge is 0.396 e. The van der Waals surface area contributed by atoms with Crippen LogP contribution in [-0.2, 0) is 0 Å². The molecule has 0 aliphatic heterocycles. The predicted octanol–water partition coefficient (Wildman–Crippen LogP) is 3.48. The number of nitrogen functional groups attached to an aromatic ring is 1. The second-order valence-corrected chi connectivity index (χ2v) is 5.01. The average Bonchev–Trinajstić information content (AvgIpc) is 2.82. The van der Waals surface area contributed by atoms with Gasteiger partial charge in [0.25, 0.3) is 0 Å². The summed E-state index contributed by atoms with van der Waals surface area (Å²) in [4.78, 5) is 4.30. The molecule has 5 heteroatoms. The van der Waals surface area contributed by atoms with E-state index in [9.17, 15) is 0 Å². The first-order valence-electron chi connectivity index (χ1n) is 6.17. The zero-order valence-electron chi connectivity index (χ0n) is 10.9. The number of halogens is 1. The molecule has 4 nitrogen and oxygen atoms in total. The molecule has 0 saturated heterocycles. The van der Waals surface area contributed by atoms with Gasteiger partial charge in [0.1, 0.15) is 5.69 Å². The van der Waals surface area contributed by atoms with Crippen LogP contribution in [0.15, 0.2) is 48.8 Å². The molecule has 20 heavy (non-hydrogen) atoms. The number of hydrogen-bond donors (Lipinski definition) is 1. The average molecular weight is 285 g/mol. The lowest BCUT2D eigenvalue weighted by molar-refractivity contribution is 0.848. The highest BCUT2D eigenvalue weighted by Gasteiger charge is 2.10. The van der Waals surface area contributed by atoms with Gasteiger partial charge < -0.3 is 5.73 Å². The van der Waals surface area contributed by atoms with Crippen LogP contribution in [0.25, 0.3) is 17.1 Å². The minimum Gasteiger partial charge on any atom is -0.396 e. The molecule has 2 heterocycles. The van der Waals surface area contributed by atoms with Gasteiger partial charge in [0.15, 0.2) is 5.82 Å². The van der Waals surface area contributed by atoms with Crippen LogP contribution < -0.4 is 5.73 Å². The molecule has 0 saturated carbocycles. The standard InChI is InChI=1S/C15H13ClN4/c1-10-6-7-18-14(8-10)20-9-13(17)15(19-20)11-2-4-12(16)5-3-11/h2-9H,17H2,1H3. The lowest BCUT2D eigenvalue weighted by atomic mass is 10.1. The molecule has 0 atom stereocenters.